The zero-order chi connectivity index (χ0) is 38.5. The molecule has 2 aliphatic rings. The highest BCUT2D eigenvalue weighted by Gasteiger charge is 2.36. The highest BCUT2D eigenvalue weighted by Crippen LogP contribution is 2.33. The Morgan fingerprint density at radius 2 is 0.648 bits per heavy atom. The van der Waals surface area contributed by atoms with E-state index in [9.17, 15) is 28.8 Å². The Labute approximate surface area is 317 Å². The van der Waals surface area contributed by atoms with Gasteiger partial charge in [0.2, 0.25) is 0 Å². The SMILES string of the molecule is O=C(O)CCCCCCCCCCN1C(=O)c2ccc(-c3ccc(-c4ccc5c(c4)C(=O)N(CCCCCCCCCCC(=O)O)C5=O)cc3)cc2C1=O. The molecule has 0 radical (unpaired) electrons. The minimum absolute atomic E-state index is 0.226. The van der Waals surface area contributed by atoms with Gasteiger partial charge in [0, 0.05) is 25.9 Å². The normalized spacial score (nSPS) is 13.6. The third-order valence-corrected chi connectivity index (χ3v) is 10.5. The fourth-order valence-electron chi connectivity index (χ4n) is 7.42. The number of carboxylic acid groups (broad SMARTS) is 2. The Morgan fingerprint density at radius 1 is 0.370 bits per heavy atom. The summed E-state index contributed by atoms with van der Waals surface area (Å²) in [7, 11) is 0. The minimum atomic E-state index is -0.746. The van der Waals surface area contributed by atoms with Crippen molar-refractivity contribution in [3.05, 3.63) is 82.9 Å². The molecule has 286 valence electrons. The molecule has 0 aliphatic carbocycles. The lowest BCUT2D eigenvalue weighted by Crippen LogP contribution is -2.30. The molecular formula is C44H52N2O8. The number of unbranched alkanes of at least 4 members (excludes halogenated alkanes) is 14. The molecule has 0 saturated heterocycles. The summed E-state index contributed by atoms with van der Waals surface area (Å²) < 4.78 is 0. The highest BCUT2D eigenvalue weighted by atomic mass is 16.4. The molecule has 2 heterocycles. The molecule has 0 fully saturated rings. The van der Waals surface area contributed by atoms with E-state index in [4.69, 9.17) is 10.2 Å². The van der Waals surface area contributed by atoms with Gasteiger partial charge in [-0.05, 0) is 72.2 Å². The first-order valence-corrected chi connectivity index (χ1v) is 19.7. The van der Waals surface area contributed by atoms with E-state index in [0.29, 0.717) is 35.3 Å². The molecule has 0 unspecified atom stereocenters. The van der Waals surface area contributed by atoms with Crippen LogP contribution in [0.5, 0.6) is 0 Å². The number of hydrogen-bond acceptors (Lipinski definition) is 6. The van der Waals surface area contributed by atoms with Crippen molar-refractivity contribution in [2.24, 2.45) is 0 Å². The van der Waals surface area contributed by atoms with E-state index < -0.39 is 11.9 Å². The van der Waals surface area contributed by atoms with Gasteiger partial charge < -0.3 is 10.2 Å². The second-order valence-electron chi connectivity index (χ2n) is 14.6. The lowest BCUT2D eigenvalue weighted by molar-refractivity contribution is -0.138. The van der Waals surface area contributed by atoms with Crippen LogP contribution in [0.4, 0.5) is 0 Å². The number of carbonyl (C=O) groups excluding carboxylic acids is 4. The summed E-state index contributed by atoms with van der Waals surface area (Å²) >= 11 is 0. The summed E-state index contributed by atoms with van der Waals surface area (Å²) in [6.07, 6.45) is 15.4. The van der Waals surface area contributed by atoms with Gasteiger partial charge in [-0.25, -0.2) is 0 Å². The Balaban J connectivity index is 1.08. The van der Waals surface area contributed by atoms with Crippen LogP contribution in [0.25, 0.3) is 22.3 Å². The molecule has 2 N–H and O–H groups in total. The quantitative estimate of drug-likeness (QED) is 0.0682. The summed E-state index contributed by atoms with van der Waals surface area (Å²) in [5.41, 5.74) is 5.11. The van der Waals surface area contributed by atoms with Gasteiger partial charge in [-0.15, -0.1) is 0 Å². The van der Waals surface area contributed by atoms with Crippen LogP contribution in [0.1, 0.15) is 157 Å². The van der Waals surface area contributed by atoms with Crippen LogP contribution in [0, 0.1) is 0 Å². The number of carboxylic acids is 2. The van der Waals surface area contributed by atoms with Gasteiger partial charge in [0.25, 0.3) is 23.6 Å². The first kappa shape index (κ1) is 40.1. The fraction of sp³-hybridized carbons (Fsp3) is 0.455. The molecule has 3 aromatic carbocycles. The van der Waals surface area contributed by atoms with Crippen LogP contribution < -0.4 is 0 Å². The Kier molecular flexibility index (Phi) is 14.7. The maximum Gasteiger partial charge on any atom is 0.303 e. The fourth-order valence-corrected chi connectivity index (χ4v) is 7.42. The molecule has 0 bridgehead atoms. The van der Waals surface area contributed by atoms with Gasteiger partial charge in [0.15, 0.2) is 0 Å². The average Bonchev–Trinajstić information content (AvgIpc) is 3.55. The lowest BCUT2D eigenvalue weighted by Gasteiger charge is -2.13. The van der Waals surface area contributed by atoms with Crippen molar-refractivity contribution in [3.8, 4) is 22.3 Å². The van der Waals surface area contributed by atoms with E-state index in [2.05, 4.69) is 0 Å². The Hall–Kier alpha value is -5.12. The van der Waals surface area contributed by atoms with Crippen molar-refractivity contribution in [2.75, 3.05) is 13.1 Å². The third kappa shape index (κ3) is 10.5. The summed E-state index contributed by atoms with van der Waals surface area (Å²) in [4.78, 5) is 76.6. The molecule has 0 aromatic heterocycles. The second kappa shape index (κ2) is 19.8. The molecular weight excluding hydrogens is 684 g/mol. The number of fused-ring (bicyclic) bond motifs is 2. The van der Waals surface area contributed by atoms with E-state index >= 15 is 0 Å². The van der Waals surface area contributed by atoms with Crippen molar-refractivity contribution >= 4 is 35.6 Å². The van der Waals surface area contributed by atoms with Crippen molar-refractivity contribution < 1.29 is 39.0 Å². The molecule has 0 atom stereocenters. The van der Waals surface area contributed by atoms with Gasteiger partial charge in [-0.2, -0.15) is 0 Å². The van der Waals surface area contributed by atoms with E-state index in [1.807, 2.05) is 36.4 Å². The highest BCUT2D eigenvalue weighted by molar-refractivity contribution is 6.22. The number of amides is 4. The zero-order valence-electron chi connectivity index (χ0n) is 31.2. The van der Waals surface area contributed by atoms with E-state index in [0.717, 1.165) is 125 Å². The maximum atomic E-state index is 13.3. The van der Waals surface area contributed by atoms with Crippen LogP contribution in [-0.4, -0.2) is 68.7 Å². The van der Waals surface area contributed by atoms with Crippen LogP contribution in [0.3, 0.4) is 0 Å². The number of hydrogen-bond donors (Lipinski definition) is 2. The number of benzene rings is 3. The number of rotatable bonds is 24. The standard InChI is InChI=1S/C44H52N2O8/c47-39(48)17-13-9-5-1-3-7-11-15-27-45-41(51)35-25-23-33(29-37(35)43(45)53)31-19-21-32(22-20-31)34-24-26-36-38(30-34)44(54)46(42(36)52)28-16-12-8-4-2-6-10-14-18-40(49)50/h19-26,29-30H,1-18,27-28H2,(H,47,48)(H,49,50). The van der Waals surface area contributed by atoms with Crippen LogP contribution in [-0.2, 0) is 9.59 Å². The topological polar surface area (TPSA) is 149 Å². The maximum absolute atomic E-state index is 13.3. The molecule has 0 saturated carbocycles. The van der Waals surface area contributed by atoms with E-state index in [1.54, 1.807) is 24.3 Å². The van der Waals surface area contributed by atoms with Gasteiger partial charge in [0.05, 0.1) is 22.3 Å². The molecule has 4 amide bonds. The van der Waals surface area contributed by atoms with Crippen LogP contribution in [0.2, 0.25) is 0 Å². The Bertz CT molecular complexity index is 1700. The van der Waals surface area contributed by atoms with E-state index in [1.165, 1.54) is 9.80 Å². The smallest absolute Gasteiger partial charge is 0.303 e. The van der Waals surface area contributed by atoms with Gasteiger partial charge in [-0.1, -0.05) is 113 Å². The summed E-state index contributed by atoms with van der Waals surface area (Å²) in [6.45, 7) is 0.781. The second-order valence-corrected chi connectivity index (χ2v) is 14.6. The first-order valence-electron chi connectivity index (χ1n) is 19.7. The number of nitrogens with zero attached hydrogens (tertiary/aromatic N) is 2. The summed E-state index contributed by atoms with van der Waals surface area (Å²) in [5, 5.41) is 17.4. The summed E-state index contributed by atoms with van der Waals surface area (Å²) in [5.74, 6) is -2.53. The van der Waals surface area contributed by atoms with Gasteiger partial charge in [-0.3, -0.25) is 38.6 Å². The lowest BCUT2D eigenvalue weighted by atomic mass is 9.96. The molecule has 3 aromatic rings. The predicted molar refractivity (Wildman–Crippen MR) is 206 cm³/mol. The van der Waals surface area contributed by atoms with E-state index in [-0.39, 0.29) is 36.5 Å². The minimum Gasteiger partial charge on any atom is -0.481 e. The number of aliphatic carboxylic acids is 2. The largest absolute Gasteiger partial charge is 0.481 e. The monoisotopic (exact) mass is 736 g/mol. The molecule has 54 heavy (non-hydrogen) atoms. The van der Waals surface area contributed by atoms with Crippen molar-refractivity contribution in [1.82, 2.24) is 9.80 Å². The van der Waals surface area contributed by atoms with Gasteiger partial charge >= 0.3 is 11.9 Å². The summed E-state index contributed by atoms with van der Waals surface area (Å²) in [6, 6.07) is 18.5. The molecule has 10 nitrogen and oxygen atoms in total. The first-order chi connectivity index (χ1) is 26.2. The molecule has 5 rings (SSSR count). The predicted octanol–water partition coefficient (Wildman–Crippen LogP) is 9.40. The zero-order valence-corrected chi connectivity index (χ0v) is 31.2. The number of imide groups is 2. The van der Waals surface area contributed by atoms with Crippen LogP contribution in [0.15, 0.2) is 60.7 Å². The molecule has 10 heteroatoms. The van der Waals surface area contributed by atoms with Crippen LogP contribution >= 0.6 is 0 Å². The van der Waals surface area contributed by atoms with Crippen molar-refractivity contribution in [1.29, 1.82) is 0 Å². The molecule has 0 spiro atoms. The number of carbonyl (C=O) groups is 6. The Morgan fingerprint density at radius 3 is 0.981 bits per heavy atom. The third-order valence-electron chi connectivity index (χ3n) is 10.5. The van der Waals surface area contributed by atoms with Crippen molar-refractivity contribution in [3.63, 3.8) is 0 Å². The average molecular weight is 737 g/mol. The van der Waals surface area contributed by atoms with Gasteiger partial charge in [0.1, 0.15) is 0 Å². The van der Waals surface area contributed by atoms with Crippen molar-refractivity contribution in [2.45, 2.75) is 116 Å². The molecule has 2 aliphatic heterocycles.